The minimum atomic E-state index is -0.236. The lowest BCUT2D eigenvalue weighted by molar-refractivity contribution is -0.118. The van der Waals surface area contributed by atoms with Gasteiger partial charge < -0.3 is 14.8 Å². The fourth-order valence-electron chi connectivity index (χ4n) is 2.22. The predicted molar refractivity (Wildman–Crippen MR) is 91.1 cm³/mol. The van der Waals surface area contributed by atoms with Crippen LogP contribution in [0.25, 0.3) is 11.3 Å². The number of hydrogen-bond acceptors (Lipinski definition) is 4. The highest BCUT2D eigenvalue weighted by molar-refractivity contribution is 5.92. The topological polar surface area (TPSA) is 76.2 Å². The molecule has 0 bridgehead atoms. The van der Waals surface area contributed by atoms with Crippen molar-refractivity contribution in [2.24, 2.45) is 0 Å². The number of anilines is 1. The summed E-state index contributed by atoms with van der Waals surface area (Å²) < 4.78 is 10.6. The maximum absolute atomic E-state index is 12.1. The molecule has 1 heterocycles. The Morgan fingerprint density at radius 1 is 1.12 bits per heavy atom. The normalized spacial score (nSPS) is 10.2. The van der Waals surface area contributed by atoms with E-state index in [1.807, 2.05) is 36.4 Å². The van der Waals surface area contributed by atoms with Gasteiger partial charge in [-0.2, -0.15) is 5.10 Å². The van der Waals surface area contributed by atoms with E-state index in [0.29, 0.717) is 17.2 Å². The second kappa shape index (κ2) is 7.32. The van der Waals surface area contributed by atoms with Gasteiger partial charge in [0.2, 0.25) is 0 Å². The van der Waals surface area contributed by atoms with Crippen molar-refractivity contribution in [2.75, 3.05) is 19.0 Å². The molecule has 2 N–H and O–H groups in total. The van der Waals surface area contributed by atoms with Gasteiger partial charge in [0, 0.05) is 23.5 Å². The average Bonchev–Trinajstić information content (AvgIpc) is 3.15. The molecule has 122 valence electrons. The Kier molecular flexibility index (Phi) is 4.76. The maximum Gasteiger partial charge on any atom is 0.262 e. The Hall–Kier alpha value is -3.28. The fraction of sp³-hybridized carbons (Fsp3) is 0.111. The van der Waals surface area contributed by atoms with Crippen molar-refractivity contribution >= 4 is 11.6 Å². The number of benzene rings is 2. The van der Waals surface area contributed by atoms with Crippen LogP contribution >= 0.6 is 0 Å². The van der Waals surface area contributed by atoms with Crippen LogP contribution in [0.2, 0.25) is 0 Å². The number of nitrogens with zero attached hydrogens (tertiary/aromatic N) is 1. The molecule has 3 rings (SSSR count). The summed E-state index contributed by atoms with van der Waals surface area (Å²) in [5.74, 6) is 1.02. The van der Waals surface area contributed by atoms with Crippen molar-refractivity contribution in [1.29, 1.82) is 0 Å². The van der Waals surface area contributed by atoms with Crippen LogP contribution in [0.3, 0.4) is 0 Å². The summed E-state index contributed by atoms with van der Waals surface area (Å²) in [6, 6.07) is 16.5. The number of nitrogens with one attached hydrogen (secondary N) is 2. The molecular weight excluding hydrogens is 306 g/mol. The molecule has 1 aromatic heterocycles. The van der Waals surface area contributed by atoms with Crippen LogP contribution < -0.4 is 14.8 Å². The van der Waals surface area contributed by atoms with Gasteiger partial charge in [-0.15, -0.1) is 0 Å². The molecule has 0 aliphatic carbocycles. The quantitative estimate of drug-likeness (QED) is 0.731. The highest BCUT2D eigenvalue weighted by Gasteiger charge is 2.06. The molecule has 24 heavy (non-hydrogen) atoms. The van der Waals surface area contributed by atoms with E-state index in [1.165, 1.54) is 0 Å². The SMILES string of the molecule is COc1cccc(OCC(=O)Nc2cccc(-c3ccn[nH]3)c2)c1. The Bertz CT molecular complexity index is 816. The summed E-state index contributed by atoms with van der Waals surface area (Å²) in [5, 5.41) is 9.63. The molecule has 6 nitrogen and oxygen atoms in total. The number of amides is 1. The van der Waals surface area contributed by atoms with Crippen LogP contribution in [-0.2, 0) is 4.79 Å². The molecule has 3 aromatic rings. The summed E-state index contributed by atoms with van der Waals surface area (Å²) >= 11 is 0. The van der Waals surface area contributed by atoms with Crippen LogP contribution in [0, 0.1) is 0 Å². The fourth-order valence-corrected chi connectivity index (χ4v) is 2.22. The smallest absolute Gasteiger partial charge is 0.262 e. The Morgan fingerprint density at radius 3 is 2.75 bits per heavy atom. The van der Waals surface area contributed by atoms with Crippen LogP contribution in [0.1, 0.15) is 0 Å². The van der Waals surface area contributed by atoms with E-state index in [9.17, 15) is 4.79 Å². The molecule has 0 saturated carbocycles. The third kappa shape index (κ3) is 3.92. The van der Waals surface area contributed by atoms with Crippen LogP contribution in [-0.4, -0.2) is 29.8 Å². The molecule has 1 amide bonds. The minimum Gasteiger partial charge on any atom is -0.497 e. The van der Waals surface area contributed by atoms with Crippen molar-refractivity contribution in [3.63, 3.8) is 0 Å². The lowest BCUT2D eigenvalue weighted by atomic mass is 10.1. The van der Waals surface area contributed by atoms with Gasteiger partial charge >= 0.3 is 0 Å². The minimum absolute atomic E-state index is 0.0819. The Balaban J connectivity index is 1.59. The zero-order chi connectivity index (χ0) is 16.8. The number of methoxy groups -OCH3 is 1. The number of H-pyrrole nitrogens is 1. The standard InChI is InChI=1S/C18H17N3O3/c1-23-15-6-3-7-16(11-15)24-12-18(22)20-14-5-2-4-13(10-14)17-8-9-19-21-17/h2-11H,12H2,1H3,(H,19,21)(H,20,22). The highest BCUT2D eigenvalue weighted by atomic mass is 16.5. The molecule has 0 aliphatic rings. The lowest BCUT2D eigenvalue weighted by Crippen LogP contribution is -2.20. The first-order valence-corrected chi connectivity index (χ1v) is 7.41. The third-order valence-electron chi connectivity index (χ3n) is 3.37. The number of hydrogen-bond donors (Lipinski definition) is 2. The van der Waals surface area contributed by atoms with E-state index < -0.39 is 0 Å². The van der Waals surface area contributed by atoms with Gasteiger partial charge in [-0.25, -0.2) is 0 Å². The van der Waals surface area contributed by atoms with Crippen molar-refractivity contribution in [3.8, 4) is 22.8 Å². The van der Waals surface area contributed by atoms with E-state index in [-0.39, 0.29) is 12.5 Å². The van der Waals surface area contributed by atoms with Gasteiger partial charge in [0.05, 0.1) is 12.8 Å². The van der Waals surface area contributed by atoms with Crippen molar-refractivity contribution < 1.29 is 14.3 Å². The molecule has 0 unspecified atom stereocenters. The first-order valence-electron chi connectivity index (χ1n) is 7.41. The summed E-state index contributed by atoms with van der Waals surface area (Å²) in [4.78, 5) is 12.1. The Labute approximate surface area is 139 Å². The molecule has 0 saturated heterocycles. The van der Waals surface area contributed by atoms with Crippen LogP contribution in [0.5, 0.6) is 11.5 Å². The summed E-state index contributed by atoms with van der Waals surface area (Å²) in [6.07, 6.45) is 1.68. The first-order chi connectivity index (χ1) is 11.7. The monoisotopic (exact) mass is 323 g/mol. The third-order valence-corrected chi connectivity index (χ3v) is 3.37. The van der Waals surface area contributed by atoms with Crippen molar-refractivity contribution in [3.05, 3.63) is 60.8 Å². The van der Waals surface area contributed by atoms with E-state index >= 15 is 0 Å². The van der Waals surface area contributed by atoms with Crippen molar-refractivity contribution in [1.82, 2.24) is 10.2 Å². The van der Waals surface area contributed by atoms with E-state index in [0.717, 1.165) is 11.3 Å². The van der Waals surface area contributed by atoms with E-state index in [4.69, 9.17) is 9.47 Å². The van der Waals surface area contributed by atoms with E-state index in [2.05, 4.69) is 15.5 Å². The molecular formula is C18H17N3O3. The van der Waals surface area contributed by atoms with Gasteiger partial charge in [0.1, 0.15) is 11.5 Å². The van der Waals surface area contributed by atoms with Crippen LogP contribution in [0.15, 0.2) is 60.8 Å². The number of aromatic nitrogens is 2. The average molecular weight is 323 g/mol. The second-order valence-corrected chi connectivity index (χ2v) is 5.07. The summed E-state index contributed by atoms with van der Waals surface area (Å²) in [6.45, 7) is -0.0819. The molecule has 6 heteroatoms. The largest absolute Gasteiger partial charge is 0.497 e. The first kappa shape index (κ1) is 15.6. The lowest BCUT2D eigenvalue weighted by Gasteiger charge is -2.09. The molecule has 2 aromatic carbocycles. The number of ether oxygens (including phenoxy) is 2. The number of rotatable bonds is 6. The number of aromatic amines is 1. The second-order valence-electron chi connectivity index (χ2n) is 5.07. The van der Waals surface area contributed by atoms with Gasteiger partial charge in [-0.05, 0) is 30.3 Å². The zero-order valence-electron chi connectivity index (χ0n) is 13.2. The Morgan fingerprint density at radius 2 is 1.96 bits per heavy atom. The van der Waals surface area contributed by atoms with Gasteiger partial charge in [0.25, 0.3) is 5.91 Å². The molecule has 0 radical (unpaired) electrons. The molecule has 0 spiro atoms. The molecule has 0 atom stereocenters. The van der Waals surface area contributed by atoms with Gasteiger partial charge in [-0.3, -0.25) is 9.89 Å². The van der Waals surface area contributed by atoms with Gasteiger partial charge in [0.15, 0.2) is 6.61 Å². The van der Waals surface area contributed by atoms with Gasteiger partial charge in [-0.1, -0.05) is 18.2 Å². The maximum atomic E-state index is 12.1. The molecule has 0 fully saturated rings. The summed E-state index contributed by atoms with van der Waals surface area (Å²) in [7, 11) is 1.58. The van der Waals surface area contributed by atoms with Crippen molar-refractivity contribution in [2.45, 2.75) is 0 Å². The number of carbonyl (C=O) groups excluding carboxylic acids is 1. The molecule has 0 aliphatic heterocycles. The predicted octanol–water partition coefficient (Wildman–Crippen LogP) is 3.10. The van der Waals surface area contributed by atoms with Crippen LogP contribution in [0.4, 0.5) is 5.69 Å². The highest BCUT2D eigenvalue weighted by Crippen LogP contribution is 2.21. The summed E-state index contributed by atoms with van der Waals surface area (Å²) in [5.41, 5.74) is 2.53. The zero-order valence-corrected chi connectivity index (χ0v) is 13.2. The van der Waals surface area contributed by atoms with E-state index in [1.54, 1.807) is 31.5 Å². The number of carbonyl (C=O) groups is 1.